The van der Waals surface area contributed by atoms with Crippen LogP contribution in [0.15, 0.2) is 97.1 Å². The lowest BCUT2D eigenvalue weighted by molar-refractivity contribution is 0.185. The van der Waals surface area contributed by atoms with Crippen molar-refractivity contribution in [3.63, 3.8) is 0 Å². The van der Waals surface area contributed by atoms with Crippen LogP contribution in [0.3, 0.4) is 0 Å². The van der Waals surface area contributed by atoms with Crippen LogP contribution in [0, 0.1) is 11.8 Å². The molecule has 0 aliphatic rings. The zero-order valence-electron chi connectivity index (χ0n) is 28.1. The first-order valence-corrected chi connectivity index (χ1v) is 16.9. The summed E-state index contributed by atoms with van der Waals surface area (Å²) in [5, 5.41) is 9.25. The number of nitrogens with zero attached hydrogens (tertiary/aromatic N) is 2. The summed E-state index contributed by atoms with van der Waals surface area (Å²) in [6, 6.07) is 33.8. The summed E-state index contributed by atoms with van der Waals surface area (Å²) in [6.45, 7) is 17.6. The van der Waals surface area contributed by atoms with E-state index in [0.717, 1.165) is 63.2 Å². The summed E-state index contributed by atoms with van der Waals surface area (Å²) in [4.78, 5) is 18.4. The van der Waals surface area contributed by atoms with Crippen molar-refractivity contribution >= 4 is 16.8 Å². The van der Waals surface area contributed by atoms with Gasteiger partial charge in [0.05, 0.1) is 6.04 Å². The number of hydrogen-bond donors (Lipinski definition) is 2. The van der Waals surface area contributed by atoms with Crippen molar-refractivity contribution in [1.29, 1.82) is 0 Å². The third-order valence-electron chi connectivity index (χ3n) is 8.21. The standard InChI is InChI=1S/C40H54N4O/c1-31(2)28-43(29-32(3)4)24-11-12-25-44(40(45)42-33(5)38-19-13-17-37-16-9-10-18-39(37)38)30-36-22-20-35(21-23-36)27-41-26-34-14-7-6-8-15-34/h6-10,13-23,31-33,41H,11-12,24-30H2,1-5H3,(H,42,45)/t33-/m0/s1. The number of fused-ring (bicyclic) bond motifs is 1. The van der Waals surface area contributed by atoms with E-state index >= 15 is 0 Å². The molecule has 0 unspecified atom stereocenters. The first kappa shape index (κ1) is 34.2. The minimum atomic E-state index is -0.100. The molecule has 4 aromatic carbocycles. The highest BCUT2D eigenvalue weighted by Crippen LogP contribution is 2.24. The topological polar surface area (TPSA) is 47.6 Å². The highest BCUT2D eigenvalue weighted by atomic mass is 16.2. The van der Waals surface area contributed by atoms with Gasteiger partial charge in [0.2, 0.25) is 0 Å². The molecule has 0 heterocycles. The normalized spacial score (nSPS) is 12.3. The molecule has 4 aromatic rings. The number of rotatable bonds is 17. The third kappa shape index (κ3) is 11.3. The molecule has 45 heavy (non-hydrogen) atoms. The predicted octanol–water partition coefficient (Wildman–Crippen LogP) is 8.80. The van der Waals surface area contributed by atoms with E-state index in [0.29, 0.717) is 18.4 Å². The summed E-state index contributed by atoms with van der Waals surface area (Å²) in [6.07, 6.45) is 2.05. The van der Waals surface area contributed by atoms with Gasteiger partial charge in [-0.15, -0.1) is 0 Å². The van der Waals surface area contributed by atoms with Gasteiger partial charge in [0, 0.05) is 39.3 Å². The largest absolute Gasteiger partial charge is 0.331 e. The molecular weight excluding hydrogens is 552 g/mol. The van der Waals surface area contributed by atoms with Crippen molar-refractivity contribution in [3.8, 4) is 0 Å². The zero-order chi connectivity index (χ0) is 32.0. The van der Waals surface area contributed by atoms with Crippen molar-refractivity contribution in [2.24, 2.45) is 11.8 Å². The molecule has 0 fully saturated rings. The number of carbonyl (C=O) groups is 1. The first-order valence-electron chi connectivity index (χ1n) is 16.9. The van der Waals surface area contributed by atoms with Gasteiger partial charge < -0.3 is 20.4 Å². The maximum Gasteiger partial charge on any atom is 0.318 e. The van der Waals surface area contributed by atoms with Crippen LogP contribution in [0.2, 0.25) is 0 Å². The molecule has 0 bridgehead atoms. The fourth-order valence-corrected chi connectivity index (χ4v) is 6.09. The Morgan fingerprint density at radius 1 is 0.644 bits per heavy atom. The highest BCUT2D eigenvalue weighted by molar-refractivity contribution is 5.86. The van der Waals surface area contributed by atoms with Crippen LogP contribution in [0.25, 0.3) is 10.8 Å². The Balaban J connectivity index is 1.39. The molecule has 1 atom stereocenters. The Bertz CT molecular complexity index is 1420. The number of benzene rings is 4. The Hall–Kier alpha value is -3.67. The van der Waals surface area contributed by atoms with Gasteiger partial charge in [-0.1, -0.05) is 125 Å². The molecule has 0 saturated heterocycles. The third-order valence-corrected chi connectivity index (χ3v) is 8.21. The van der Waals surface area contributed by atoms with Gasteiger partial charge in [-0.05, 0) is 71.2 Å². The number of hydrogen-bond acceptors (Lipinski definition) is 3. The average molecular weight is 607 g/mol. The molecule has 0 aliphatic carbocycles. The monoisotopic (exact) mass is 606 g/mol. The molecular formula is C40H54N4O. The predicted molar refractivity (Wildman–Crippen MR) is 190 cm³/mol. The van der Waals surface area contributed by atoms with Crippen LogP contribution in [0.5, 0.6) is 0 Å². The van der Waals surface area contributed by atoms with Crippen molar-refractivity contribution in [2.75, 3.05) is 26.2 Å². The van der Waals surface area contributed by atoms with E-state index in [1.807, 2.05) is 11.0 Å². The molecule has 0 radical (unpaired) electrons. The fraction of sp³-hybridized carbons (Fsp3) is 0.425. The lowest BCUT2D eigenvalue weighted by atomic mass is 10.00. The SMILES string of the molecule is CC(C)CN(CCCCN(Cc1ccc(CNCc2ccccc2)cc1)C(=O)N[C@@H](C)c1cccc2ccccc12)CC(C)C. The van der Waals surface area contributed by atoms with Gasteiger partial charge in [0.15, 0.2) is 0 Å². The van der Waals surface area contributed by atoms with Crippen LogP contribution in [0.4, 0.5) is 4.79 Å². The van der Waals surface area contributed by atoms with Crippen molar-refractivity contribution in [3.05, 3.63) is 119 Å². The van der Waals surface area contributed by atoms with Crippen LogP contribution >= 0.6 is 0 Å². The summed E-state index contributed by atoms with van der Waals surface area (Å²) in [5.74, 6) is 1.30. The minimum absolute atomic E-state index is 0.00902. The molecule has 2 N–H and O–H groups in total. The Kier molecular flexibility index (Phi) is 13.5. The van der Waals surface area contributed by atoms with Gasteiger partial charge >= 0.3 is 6.03 Å². The number of urea groups is 1. The number of nitrogens with one attached hydrogen (secondary N) is 2. The van der Waals surface area contributed by atoms with Crippen molar-refractivity contribution < 1.29 is 4.79 Å². The Labute approximate surface area is 272 Å². The number of carbonyl (C=O) groups excluding carboxylic acids is 1. The van der Waals surface area contributed by atoms with E-state index in [-0.39, 0.29) is 12.1 Å². The maximum absolute atomic E-state index is 13.8. The average Bonchev–Trinajstić information content (AvgIpc) is 3.02. The highest BCUT2D eigenvalue weighted by Gasteiger charge is 2.19. The molecule has 5 nitrogen and oxygen atoms in total. The van der Waals surface area contributed by atoms with Crippen LogP contribution in [-0.2, 0) is 19.6 Å². The molecule has 2 amide bonds. The molecule has 0 spiro atoms. The second-order valence-electron chi connectivity index (χ2n) is 13.3. The second kappa shape index (κ2) is 17.7. The van der Waals surface area contributed by atoms with Gasteiger partial charge in [0.25, 0.3) is 0 Å². The molecule has 0 aliphatic heterocycles. The first-order chi connectivity index (χ1) is 21.8. The maximum atomic E-state index is 13.8. The number of amides is 2. The van der Waals surface area contributed by atoms with Crippen molar-refractivity contribution in [1.82, 2.24) is 20.4 Å². The molecule has 5 heteroatoms. The quantitative estimate of drug-likeness (QED) is 0.118. The van der Waals surface area contributed by atoms with E-state index in [4.69, 9.17) is 0 Å². The smallest absolute Gasteiger partial charge is 0.318 e. The Morgan fingerprint density at radius 2 is 1.22 bits per heavy atom. The van der Waals surface area contributed by atoms with Gasteiger partial charge in [-0.25, -0.2) is 4.79 Å². The number of unbranched alkanes of at least 4 members (excludes halogenated alkanes) is 1. The van der Waals surface area contributed by atoms with Gasteiger partial charge in [-0.3, -0.25) is 0 Å². The lowest BCUT2D eigenvalue weighted by Gasteiger charge is -2.28. The molecule has 0 saturated carbocycles. The van der Waals surface area contributed by atoms with E-state index < -0.39 is 0 Å². The summed E-state index contributed by atoms with van der Waals surface area (Å²) < 4.78 is 0. The summed E-state index contributed by atoms with van der Waals surface area (Å²) in [7, 11) is 0. The molecule has 240 valence electrons. The van der Waals surface area contributed by atoms with Crippen LogP contribution in [0.1, 0.15) is 75.8 Å². The van der Waals surface area contributed by atoms with E-state index in [1.165, 1.54) is 21.9 Å². The van der Waals surface area contributed by atoms with Gasteiger partial charge in [-0.2, -0.15) is 0 Å². The van der Waals surface area contributed by atoms with Crippen molar-refractivity contribution in [2.45, 2.75) is 73.1 Å². The molecule has 0 aromatic heterocycles. The second-order valence-corrected chi connectivity index (χ2v) is 13.3. The Morgan fingerprint density at radius 3 is 1.91 bits per heavy atom. The lowest BCUT2D eigenvalue weighted by Crippen LogP contribution is -2.41. The van der Waals surface area contributed by atoms with E-state index in [1.54, 1.807) is 0 Å². The summed E-state index contributed by atoms with van der Waals surface area (Å²) >= 11 is 0. The van der Waals surface area contributed by atoms with Gasteiger partial charge in [0.1, 0.15) is 0 Å². The molecule has 4 rings (SSSR count). The van der Waals surface area contributed by atoms with Crippen LogP contribution < -0.4 is 10.6 Å². The van der Waals surface area contributed by atoms with Crippen LogP contribution in [-0.4, -0.2) is 42.0 Å². The fourth-order valence-electron chi connectivity index (χ4n) is 6.09. The zero-order valence-corrected chi connectivity index (χ0v) is 28.1. The van der Waals surface area contributed by atoms with E-state index in [2.05, 4.69) is 141 Å². The van der Waals surface area contributed by atoms with E-state index in [9.17, 15) is 4.79 Å². The summed E-state index contributed by atoms with van der Waals surface area (Å²) in [5.41, 5.74) is 4.82. The minimum Gasteiger partial charge on any atom is -0.331 e.